The largest absolute Gasteiger partial charge is 1.00 e. The molecule has 0 bridgehead atoms. The number of H-pyrrole nitrogens is 1. The molecule has 1 N–H and O–H groups in total. The van der Waals surface area contributed by atoms with E-state index in [1.807, 2.05) is 0 Å². The van der Waals surface area contributed by atoms with Gasteiger partial charge in [0.25, 0.3) is 11.5 Å². The second-order valence-electron chi connectivity index (χ2n) is 9.02. The van der Waals surface area contributed by atoms with Crippen LogP contribution in [-0.2, 0) is 43.8 Å². The summed E-state index contributed by atoms with van der Waals surface area (Å²) in [7, 11) is -10.1. The summed E-state index contributed by atoms with van der Waals surface area (Å²) in [5.41, 5.74) is -0.919. The molecular formula is C25H18K4N4O14S4. The molecule has 0 saturated carbocycles. The predicted molar refractivity (Wildman–Crippen MR) is 156 cm³/mol. The van der Waals surface area contributed by atoms with Crippen LogP contribution in [0.2, 0.25) is 0 Å². The van der Waals surface area contributed by atoms with Gasteiger partial charge in [0.15, 0.2) is 0 Å². The molecule has 250 valence electrons. The van der Waals surface area contributed by atoms with Crippen molar-refractivity contribution in [3.8, 4) is 5.69 Å². The van der Waals surface area contributed by atoms with Gasteiger partial charge in [-0.3, -0.25) is 24.8 Å². The molecule has 1 aromatic heterocycles. The summed E-state index contributed by atoms with van der Waals surface area (Å²) in [6.07, 6.45) is 6.96. The Labute approximate surface area is 469 Å². The molecule has 0 radical (unpaired) electrons. The molecule has 2 heterocycles. The van der Waals surface area contributed by atoms with Crippen LogP contribution in [0, 0.1) is 6.92 Å². The van der Waals surface area contributed by atoms with Crippen LogP contribution < -0.4 is 227 Å². The number of nitrogens with zero attached hydrogens (tertiary/aromatic N) is 3. The number of benzene rings is 2. The molecule has 26 heteroatoms. The number of allylic oxidation sites excluding steroid dienone is 4. The number of nitrogens with one attached hydrogen (secondary N) is 1. The van der Waals surface area contributed by atoms with Gasteiger partial charge in [-0.15, -0.1) is 0 Å². The Morgan fingerprint density at radius 3 is 1.80 bits per heavy atom. The van der Waals surface area contributed by atoms with Gasteiger partial charge >= 0.3 is 206 Å². The van der Waals surface area contributed by atoms with Crippen LogP contribution in [0.3, 0.4) is 0 Å². The van der Waals surface area contributed by atoms with E-state index in [4.69, 9.17) is 0 Å². The first-order chi connectivity index (χ1) is 22.2. The van der Waals surface area contributed by atoms with E-state index in [9.17, 15) is 46.0 Å². The molecule has 0 saturated heterocycles. The minimum Gasteiger partial charge on any atom is -0.744 e. The molecule has 4 rings (SSSR count). The molecule has 0 unspecified atom stereocenters. The van der Waals surface area contributed by atoms with Crippen LogP contribution in [0.1, 0.15) is 18.2 Å². The van der Waals surface area contributed by atoms with E-state index in [-0.39, 0.29) is 244 Å². The van der Waals surface area contributed by atoms with Crippen molar-refractivity contribution in [3.05, 3.63) is 87.9 Å². The fourth-order valence-electron chi connectivity index (χ4n) is 4.13. The van der Waals surface area contributed by atoms with Crippen LogP contribution in [0.4, 0.5) is 5.69 Å². The fraction of sp³-hybridized carbons (Fsp3) is 0.0800. The third-order valence-electron chi connectivity index (χ3n) is 6.11. The van der Waals surface area contributed by atoms with Gasteiger partial charge < -0.3 is 19.6 Å². The zero-order valence-electron chi connectivity index (χ0n) is 27.5. The normalized spacial score (nSPS) is 13.9. The first-order valence-corrected chi connectivity index (χ1v) is 16.7. The number of rotatable bonds is 13. The fourth-order valence-corrected chi connectivity index (χ4v) is 6.19. The molecule has 0 atom stereocenters. The molecule has 0 spiro atoms. The minimum absolute atomic E-state index is 0. The number of anilines is 1. The maximum absolute atomic E-state index is 13.2. The quantitative estimate of drug-likeness (QED) is 0.0318. The van der Waals surface area contributed by atoms with E-state index in [0.29, 0.717) is 29.1 Å². The van der Waals surface area contributed by atoms with Gasteiger partial charge in [-0.25, -0.2) is 21.5 Å². The number of hydrogen-bond acceptors (Lipinski definition) is 17. The zero-order valence-corrected chi connectivity index (χ0v) is 43.3. The first-order valence-electron chi connectivity index (χ1n) is 12.4. The minimum atomic E-state index is -5.05. The van der Waals surface area contributed by atoms with Gasteiger partial charge in [0.2, 0.25) is 0 Å². The number of carbonyl (C=O) groups excluding carboxylic acids is 1. The van der Waals surface area contributed by atoms with Crippen LogP contribution in [0.15, 0.2) is 95.8 Å². The number of carbonyl (C=O) groups is 1. The predicted octanol–water partition coefficient (Wildman–Crippen LogP) is -11.3. The molecule has 1 amide bonds. The van der Waals surface area contributed by atoms with E-state index in [1.54, 1.807) is 0 Å². The maximum atomic E-state index is 13.2. The van der Waals surface area contributed by atoms with Crippen LogP contribution >= 0.6 is 24.1 Å². The van der Waals surface area contributed by atoms with Crippen molar-refractivity contribution < 1.29 is 266 Å². The molecule has 18 nitrogen and oxygen atoms in total. The molecule has 2 aromatic carbocycles. The summed E-state index contributed by atoms with van der Waals surface area (Å²) in [5, 5.41) is 34.3. The number of amides is 1. The topological polar surface area (TPSA) is 268 Å². The number of hydrogen-bond donors (Lipinski definition) is 1. The smallest absolute Gasteiger partial charge is 0.744 e. The van der Waals surface area contributed by atoms with E-state index in [0.717, 1.165) is 35.0 Å². The second kappa shape index (κ2) is 24.5. The Bertz CT molecular complexity index is 2120. The first kappa shape index (κ1) is 53.6. The van der Waals surface area contributed by atoms with E-state index < -0.39 is 47.2 Å². The number of aryl methyl sites for hydroxylation is 1. The number of hydrazone groups is 1. The Morgan fingerprint density at radius 1 is 0.784 bits per heavy atom. The molecule has 0 aliphatic carbocycles. The third-order valence-corrected chi connectivity index (χ3v) is 9.02. The summed E-state index contributed by atoms with van der Waals surface area (Å²) >= 11 is 0.814. The van der Waals surface area contributed by atoms with Gasteiger partial charge in [0, 0.05) is 15.5 Å². The molecule has 51 heavy (non-hydrogen) atoms. The summed E-state index contributed by atoms with van der Waals surface area (Å²) in [6.45, 7) is 2.97. The standard InChI is InChI=1S/C25H22N4O14S4.4K/c1-14-18(24(30)28(26-14)20-12-16(44-42-40-32)8-10-22(20)46(34,35)36)6-4-3-5-7-19-15(2)27-29(25(19)31)21-13-17(45-43-41-33)9-11-23(21)47(37,38)39;;;;/h3-13,26,32-33H,1-2H3,(H,34,35,36)(H,37,38,39);;;;/q;4*+1/p-4/b5-3+,6-4+,19-7+;;;;. The van der Waals surface area contributed by atoms with Crippen molar-refractivity contribution in [1.29, 1.82) is 0 Å². The van der Waals surface area contributed by atoms with E-state index >= 15 is 0 Å². The van der Waals surface area contributed by atoms with Crippen molar-refractivity contribution in [2.75, 3.05) is 5.01 Å². The molecule has 1 aliphatic heterocycles. The summed E-state index contributed by atoms with van der Waals surface area (Å²) in [4.78, 5) is 25.1. The zero-order chi connectivity index (χ0) is 34.5. The van der Waals surface area contributed by atoms with Crippen molar-refractivity contribution in [3.63, 3.8) is 0 Å². The average Bonchev–Trinajstić information content (AvgIpc) is 3.46. The van der Waals surface area contributed by atoms with Crippen molar-refractivity contribution in [1.82, 2.24) is 9.78 Å². The Hall–Kier alpha value is 2.64. The SMILES string of the molecule is CC1=NN(c2cc(SOO[O-])ccc2S(=O)(=O)[O-])C(=O)/C1=C/C=C/C=C/c1c(C)[nH]n(-c2cc(SOO[O-])ccc2S(=O)(=O)[O-])c1=O.[K+].[K+].[K+].[K+]. The van der Waals surface area contributed by atoms with Gasteiger partial charge in [0.1, 0.15) is 20.2 Å². The average molecular weight is 883 g/mol. The summed E-state index contributed by atoms with van der Waals surface area (Å²) in [6, 6.07) is 6.40. The van der Waals surface area contributed by atoms with Crippen LogP contribution in [0.25, 0.3) is 11.8 Å². The number of aromatic nitrogens is 2. The van der Waals surface area contributed by atoms with Gasteiger partial charge in [-0.1, -0.05) is 18.2 Å². The molecular weight excluding hydrogens is 865 g/mol. The maximum Gasteiger partial charge on any atom is 1.00 e. The number of aromatic amines is 1. The Morgan fingerprint density at radius 2 is 1.29 bits per heavy atom. The molecule has 1 aliphatic rings. The Kier molecular flexibility index (Phi) is 25.8. The molecule has 3 aromatic rings. The summed E-state index contributed by atoms with van der Waals surface area (Å²) in [5.74, 6) is -0.787. The van der Waals surface area contributed by atoms with E-state index in [2.05, 4.69) is 28.9 Å². The Balaban J connectivity index is 0.00000625. The van der Waals surface area contributed by atoms with E-state index in [1.165, 1.54) is 50.3 Å². The van der Waals surface area contributed by atoms with Crippen molar-refractivity contribution in [2.24, 2.45) is 5.10 Å². The monoisotopic (exact) mass is 882 g/mol. The second-order valence-corrected chi connectivity index (χ2v) is 13.3. The van der Waals surface area contributed by atoms with Crippen molar-refractivity contribution >= 4 is 67.7 Å². The van der Waals surface area contributed by atoms with Gasteiger partial charge in [-0.05, 0) is 62.4 Å². The van der Waals surface area contributed by atoms with Crippen LogP contribution in [-0.4, -0.2) is 47.3 Å². The van der Waals surface area contributed by atoms with Gasteiger partial charge in [0.05, 0.1) is 62.1 Å². The molecule has 0 fully saturated rings. The van der Waals surface area contributed by atoms with Gasteiger partial charge in [-0.2, -0.15) is 18.8 Å². The summed E-state index contributed by atoms with van der Waals surface area (Å²) < 4.78 is 80.3. The van der Waals surface area contributed by atoms with Crippen LogP contribution in [0.5, 0.6) is 0 Å². The van der Waals surface area contributed by atoms with Crippen molar-refractivity contribution in [2.45, 2.75) is 33.4 Å². The third kappa shape index (κ3) is 14.5.